The summed E-state index contributed by atoms with van der Waals surface area (Å²) in [6.07, 6.45) is 5.22. The number of carbonyl (C=O) groups excluding carboxylic acids is 1. The van der Waals surface area contributed by atoms with Crippen molar-refractivity contribution in [2.45, 2.75) is 19.8 Å². The van der Waals surface area contributed by atoms with Crippen molar-refractivity contribution in [3.63, 3.8) is 0 Å². The summed E-state index contributed by atoms with van der Waals surface area (Å²) in [6, 6.07) is 5.84. The average Bonchev–Trinajstić information content (AvgIpc) is 2.53. The van der Waals surface area contributed by atoms with E-state index < -0.39 is 0 Å². The Morgan fingerprint density at radius 3 is 2.57 bits per heavy atom. The number of allylic oxidation sites excluding steroid dienone is 2. The molecule has 0 saturated carbocycles. The Bertz CT molecular complexity index is 584. The van der Waals surface area contributed by atoms with Gasteiger partial charge in [0.15, 0.2) is 11.5 Å². The molecular formula is C17H20O4. The molecule has 0 amide bonds. The van der Waals surface area contributed by atoms with Gasteiger partial charge in [0.2, 0.25) is 0 Å². The molecule has 0 saturated heterocycles. The highest BCUT2D eigenvalue weighted by Crippen LogP contribution is 2.29. The van der Waals surface area contributed by atoms with Crippen LogP contribution in [0.15, 0.2) is 41.5 Å². The van der Waals surface area contributed by atoms with Gasteiger partial charge in [-0.05, 0) is 43.0 Å². The molecule has 0 aromatic heterocycles. The Balaban J connectivity index is 2.00. The zero-order valence-corrected chi connectivity index (χ0v) is 12.6. The molecule has 1 aliphatic carbocycles. The molecule has 0 spiro atoms. The Morgan fingerprint density at radius 2 is 1.95 bits per heavy atom. The first-order chi connectivity index (χ1) is 10.1. The molecule has 0 fully saturated rings. The molecule has 21 heavy (non-hydrogen) atoms. The first-order valence-electron chi connectivity index (χ1n) is 6.88. The molecule has 0 radical (unpaired) electrons. The van der Waals surface area contributed by atoms with E-state index in [0.717, 1.165) is 29.1 Å². The Labute approximate surface area is 125 Å². The van der Waals surface area contributed by atoms with Crippen LogP contribution in [-0.2, 0) is 9.53 Å². The molecule has 2 rings (SSSR count). The summed E-state index contributed by atoms with van der Waals surface area (Å²) >= 11 is 0. The lowest BCUT2D eigenvalue weighted by Gasteiger charge is -2.15. The molecule has 0 atom stereocenters. The van der Waals surface area contributed by atoms with Crippen molar-refractivity contribution >= 4 is 5.97 Å². The van der Waals surface area contributed by atoms with E-state index in [1.807, 2.05) is 31.2 Å². The maximum Gasteiger partial charge on any atom is 0.333 e. The van der Waals surface area contributed by atoms with Crippen molar-refractivity contribution in [3.8, 4) is 11.5 Å². The fourth-order valence-electron chi connectivity index (χ4n) is 2.17. The minimum Gasteiger partial charge on any atom is -0.493 e. The summed E-state index contributed by atoms with van der Waals surface area (Å²) in [6.45, 7) is 2.50. The zero-order valence-electron chi connectivity index (χ0n) is 12.6. The second-order valence-electron chi connectivity index (χ2n) is 4.95. The second-order valence-corrected chi connectivity index (χ2v) is 4.95. The second kappa shape index (κ2) is 6.97. The van der Waals surface area contributed by atoms with E-state index in [1.165, 1.54) is 7.11 Å². The minimum absolute atomic E-state index is 0.258. The van der Waals surface area contributed by atoms with E-state index in [0.29, 0.717) is 18.6 Å². The summed E-state index contributed by atoms with van der Waals surface area (Å²) in [5.74, 6) is 1.20. The van der Waals surface area contributed by atoms with Crippen LogP contribution in [0.4, 0.5) is 0 Å². The number of methoxy groups -OCH3 is 2. The Hall–Kier alpha value is -2.23. The maximum absolute atomic E-state index is 11.4. The van der Waals surface area contributed by atoms with Gasteiger partial charge in [-0.25, -0.2) is 4.79 Å². The standard InChI is InChI=1S/C17H20O4/c1-12-4-9-15(16(10-12)19-2)21-11-13-5-7-14(8-6-13)17(18)20-3/h4-5,7,9-10H,6,8,11H2,1-3H3. The molecular weight excluding hydrogens is 268 g/mol. The minimum atomic E-state index is -0.258. The predicted octanol–water partition coefficient (Wildman–Crippen LogP) is 3.20. The summed E-state index contributed by atoms with van der Waals surface area (Å²) in [5.41, 5.74) is 2.97. The predicted molar refractivity (Wildman–Crippen MR) is 80.6 cm³/mol. The van der Waals surface area contributed by atoms with Crippen molar-refractivity contribution in [1.29, 1.82) is 0 Å². The van der Waals surface area contributed by atoms with E-state index in [2.05, 4.69) is 0 Å². The summed E-state index contributed by atoms with van der Waals surface area (Å²) in [4.78, 5) is 11.4. The Morgan fingerprint density at radius 1 is 1.14 bits per heavy atom. The number of carbonyl (C=O) groups is 1. The van der Waals surface area contributed by atoms with Gasteiger partial charge >= 0.3 is 5.97 Å². The van der Waals surface area contributed by atoms with E-state index in [1.54, 1.807) is 13.2 Å². The molecule has 1 aliphatic rings. The summed E-state index contributed by atoms with van der Waals surface area (Å²) in [7, 11) is 3.03. The number of hydrogen-bond donors (Lipinski definition) is 0. The van der Waals surface area contributed by atoms with Crippen LogP contribution in [0, 0.1) is 6.92 Å². The van der Waals surface area contributed by atoms with Gasteiger partial charge in [-0.3, -0.25) is 0 Å². The molecule has 112 valence electrons. The highest BCUT2D eigenvalue weighted by Gasteiger charge is 2.14. The van der Waals surface area contributed by atoms with Crippen LogP contribution >= 0.6 is 0 Å². The molecule has 0 bridgehead atoms. The molecule has 0 aliphatic heterocycles. The van der Waals surface area contributed by atoms with Crippen LogP contribution in [0.5, 0.6) is 11.5 Å². The number of esters is 1. The van der Waals surface area contributed by atoms with E-state index >= 15 is 0 Å². The molecule has 1 aromatic rings. The molecule has 4 nitrogen and oxygen atoms in total. The van der Waals surface area contributed by atoms with E-state index in [4.69, 9.17) is 14.2 Å². The third-order valence-corrected chi connectivity index (χ3v) is 3.42. The molecule has 0 unspecified atom stereocenters. The van der Waals surface area contributed by atoms with Crippen molar-refractivity contribution in [1.82, 2.24) is 0 Å². The number of hydrogen-bond acceptors (Lipinski definition) is 4. The topological polar surface area (TPSA) is 44.8 Å². The van der Waals surface area contributed by atoms with Gasteiger partial charge in [0, 0.05) is 5.57 Å². The van der Waals surface area contributed by atoms with Gasteiger partial charge in [0.05, 0.1) is 14.2 Å². The smallest absolute Gasteiger partial charge is 0.333 e. The highest BCUT2D eigenvalue weighted by molar-refractivity contribution is 5.89. The lowest BCUT2D eigenvalue weighted by atomic mass is 9.99. The lowest BCUT2D eigenvalue weighted by molar-refractivity contribution is -0.136. The first-order valence-corrected chi connectivity index (χ1v) is 6.88. The number of benzene rings is 1. The third kappa shape index (κ3) is 3.88. The molecule has 4 heteroatoms. The van der Waals surface area contributed by atoms with Gasteiger partial charge in [-0.15, -0.1) is 0 Å². The van der Waals surface area contributed by atoms with Crippen molar-refractivity contribution in [2.75, 3.05) is 20.8 Å². The van der Waals surface area contributed by atoms with Crippen LogP contribution in [0.1, 0.15) is 18.4 Å². The largest absolute Gasteiger partial charge is 0.493 e. The van der Waals surface area contributed by atoms with Gasteiger partial charge in [-0.2, -0.15) is 0 Å². The van der Waals surface area contributed by atoms with Crippen LogP contribution < -0.4 is 9.47 Å². The fraction of sp³-hybridized carbons (Fsp3) is 0.353. The molecule has 0 heterocycles. The number of rotatable bonds is 5. The Kier molecular flexibility index (Phi) is 5.04. The van der Waals surface area contributed by atoms with E-state index in [9.17, 15) is 4.79 Å². The number of aryl methyl sites for hydroxylation is 1. The molecule has 0 N–H and O–H groups in total. The van der Waals surface area contributed by atoms with Gasteiger partial charge in [0.25, 0.3) is 0 Å². The van der Waals surface area contributed by atoms with Gasteiger partial charge in [0.1, 0.15) is 6.61 Å². The monoisotopic (exact) mass is 288 g/mol. The summed E-state index contributed by atoms with van der Waals surface area (Å²) in [5, 5.41) is 0. The highest BCUT2D eigenvalue weighted by atomic mass is 16.5. The van der Waals surface area contributed by atoms with Crippen LogP contribution in [-0.4, -0.2) is 26.8 Å². The molecule has 1 aromatic carbocycles. The number of ether oxygens (including phenoxy) is 3. The van der Waals surface area contributed by atoms with Crippen molar-refractivity contribution < 1.29 is 19.0 Å². The SMILES string of the molecule is COC(=O)C1=CC=C(COc2ccc(C)cc2OC)CC1. The first kappa shape index (κ1) is 15.2. The quantitative estimate of drug-likeness (QED) is 0.780. The van der Waals surface area contributed by atoms with Crippen LogP contribution in [0.2, 0.25) is 0 Å². The fourth-order valence-corrected chi connectivity index (χ4v) is 2.17. The zero-order chi connectivity index (χ0) is 15.2. The van der Waals surface area contributed by atoms with Crippen LogP contribution in [0.3, 0.4) is 0 Å². The summed E-state index contributed by atoms with van der Waals surface area (Å²) < 4.78 is 15.8. The van der Waals surface area contributed by atoms with Gasteiger partial charge < -0.3 is 14.2 Å². The normalized spacial score (nSPS) is 14.0. The van der Waals surface area contributed by atoms with Crippen LogP contribution in [0.25, 0.3) is 0 Å². The van der Waals surface area contributed by atoms with Gasteiger partial charge in [-0.1, -0.05) is 18.2 Å². The third-order valence-electron chi connectivity index (χ3n) is 3.42. The van der Waals surface area contributed by atoms with E-state index in [-0.39, 0.29) is 5.97 Å². The maximum atomic E-state index is 11.4. The lowest BCUT2D eigenvalue weighted by Crippen LogP contribution is -2.10. The average molecular weight is 288 g/mol. The van der Waals surface area contributed by atoms with Crippen molar-refractivity contribution in [2.24, 2.45) is 0 Å². The van der Waals surface area contributed by atoms with Crippen molar-refractivity contribution in [3.05, 3.63) is 47.1 Å².